The lowest BCUT2D eigenvalue weighted by Crippen LogP contribution is -2.32. The van der Waals surface area contributed by atoms with E-state index in [1.807, 2.05) is 80.6 Å². The normalized spacial score (nSPS) is 14.9. The Hall–Kier alpha value is -4.13. The summed E-state index contributed by atoms with van der Waals surface area (Å²) in [6.07, 6.45) is 0.548. The van der Waals surface area contributed by atoms with Gasteiger partial charge in [-0.15, -0.1) is 0 Å². The summed E-state index contributed by atoms with van der Waals surface area (Å²) in [6, 6.07) is 22.5. The number of hydrogen-bond donors (Lipinski definition) is 0. The average molecular weight is 473 g/mol. The summed E-state index contributed by atoms with van der Waals surface area (Å²) in [6.45, 7) is 3.27. The van der Waals surface area contributed by atoms with Crippen molar-refractivity contribution in [1.82, 2.24) is 5.01 Å². The molecule has 7 heteroatoms. The first-order valence-electron chi connectivity index (χ1n) is 11.4. The SMILES string of the molecule is COc1ccc(C2CC(c3ccccc3)=NN2C(=O)COC(=O)COc2ccc(C)c(C)c2)cc1. The molecule has 0 bridgehead atoms. The summed E-state index contributed by atoms with van der Waals surface area (Å²) in [5.74, 6) is 0.277. The van der Waals surface area contributed by atoms with Gasteiger partial charge in [0.15, 0.2) is 13.2 Å². The van der Waals surface area contributed by atoms with Crippen LogP contribution in [0.1, 0.15) is 34.7 Å². The minimum Gasteiger partial charge on any atom is -0.497 e. The fourth-order valence-corrected chi connectivity index (χ4v) is 3.83. The van der Waals surface area contributed by atoms with Gasteiger partial charge in [0.05, 0.1) is 18.9 Å². The van der Waals surface area contributed by atoms with E-state index in [0.29, 0.717) is 12.2 Å². The molecule has 3 aromatic carbocycles. The second-order valence-corrected chi connectivity index (χ2v) is 8.34. The molecule has 4 rings (SSSR count). The Morgan fingerprint density at radius 2 is 1.63 bits per heavy atom. The lowest BCUT2D eigenvalue weighted by atomic mass is 9.98. The van der Waals surface area contributed by atoms with Crippen LogP contribution in [0.2, 0.25) is 0 Å². The van der Waals surface area contributed by atoms with Gasteiger partial charge < -0.3 is 14.2 Å². The number of carbonyl (C=O) groups excluding carboxylic acids is 2. The number of amides is 1. The number of carbonyl (C=O) groups is 2. The molecule has 1 amide bonds. The fourth-order valence-electron chi connectivity index (χ4n) is 3.83. The van der Waals surface area contributed by atoms with Crippen LogP contribution in [-0.2, 0) is 14.3 Å². The molecule has 1 atom stereocenters. The van der Waals surface area contributed by atoms with Gasteiger partial charge in [-0.1, -0.05) is 48.5 Å². The minimum atomic E-state index is -0.621. The molecule has 0 saturated carbocycles. The van der Waals surface area contributed by atoms with Gasteiger partial charge in [0.2, 0.25) is 0 Å². The largest absolute Gasteiger partial charge is 0.497 e. The molecule has 0 fully saturated rings. The van der Waals surface area contributed by atoms with Gasteiger partial charge >= 0.3 is 5.97 Å². The minimum absolute atomic E-state index is 0.282. The van der Waals surface area contributed by atoms with Crippen LogP contribution >= 0.6 is 0 Å². The van der Waals surface area contributed by atoms with Crippen molar-refractivity contribution in [2.75, 3.05) is 20.3 Å². The summed E-state index contributed by atoms with van der Waals surface area (Å²) in [4.78, 5) is 25.3. The zero-order valence-corrected chi connectivity index (χ0v) is 20.1. The molecule has 0 N–H and O–H groups in total. The molecule has 1 aliphatic heterocycles. The maximum atomic E-state index is 13.1. The van der Waals surface area contributed by atoms with Crippen molar-refractivity contribution in [2.45, 2.75) is 26.3 Å². The van der Waals surface area contributed by atoms with Crippen molar-refractivity contribution in [3.05, 3.63) is 95.1 Å². The molecule has 7 nitrogen and oxygen atoms in total. The molecular formula is C28H28N2O5. The van der Waals surface area contributed by atoms with Crippen molar-refractivity contribution in [2.24, 2.45) is 5.10 Å². The zero-order chi connectivity index (χ0) is 24.8. The molecule has 3 aromatic rings. The summed E-state index contributed by atoms with van der Waals surface area (Å²) in [5, 5.41) is 6.00. The Morgan fingerprint density at radius 3 is 2.31 bits per heavy atom. The van der Waals surface area contributed by atoms with Crippen LogP contribution < -0.4 is 9.47 Å². The fraction of sp³-hybridized carbons (Fsp3) is 0.250. The molecule has 0 spiro atoms. The van der Waals surface area contributed by atoms with Gasteiger partial charge in [-0.3, -0.25) is 4.79 Å². The third kappa shape index (κ3) is 5.87. The quantitative estimate of drug-likeness (QED) is 0.448. The number of benzene rings is 3. The van der Waals surface area contributed by atoms with Crippen molar-refractivity contribution < 1.29 is 23.8 Å². The van der Waals surface area contributed by atoms with E-state index in [1.165, 1.54) is 5.01 Å². The monoisotopic (exact) mass is 472 g/mol. The molecule has 1 heterocycles. The molecule has 180 valence electrons. The standard InChI is InChI=1S/C28H28N2O5/c1-19-9-12-24(15-20(19)2)34-18-28(32)35-17-27(31)30-26(22-10-13-23(33-3)14-11-22)16-25(29-30)21-7-5-4-6-8-21/h4-15,26H,16-18H2,1-3H3. The van der Waals surface area contributed by atoms with E-state index < -0.39 is 18.5 Å². The number of rotatable bonds is 8. The van der Waals surface area contributed by atoms with Gasteiger partial charge in [0.1, 0.15) is 11.5 Å². The third-order valence-electron chi connectivity index (χ3n) is 5.97. The molecular weight excluding hydrogens is 444 g/mol. The van der Waals surface area contributed by atoms with Gasteiger partial charge in [0.25, 0.3) is 5.91 Å². The number of hydrazone groups is 1. The van der Waals surface area contributed by atoms with E-state index in [2.05, 4.69) is 5.10 Å². The van der Waals surface area contributed by atoms with E-state index >= 15 is 0 Å². The van der Waals surface area contributed by atoms with Crippen molar-refractivity contribution >= 4 is 17.6 Å². The Kier molecular flexibility index (Phi) is 7.45. The topological polar surface area (TPSA) is 77.4 Å². The van der Waals surface area contributed by atoms with Crippen molar-refractivity contribution in [1.29, 1.82) is 0 Å². The molecule has 1 aliphatic rings. The highest BCUT2D eigenvalue weighted by Gasteiger charge is 2.33. The Balaban J connectivity index is 1.42. The second-order valence-electron chi connectivity index (χ2n) is 8.34. The van der Waals surface area contributed by atoms with Gasteiger partial charge in [-0.05, 0) is 60.4 Å². The number of hydrogen-bond acceptors (Lipinski definition) is 6. The molecule has 0 aromatic heterocycles. The number of aryl methyl sites for hydroxylation is 2. The smallest absolute Gasteiger partial charge is 0.344 e. The van der Waals surface area contributed by atoms with E-state index in [4.69, 9.17) is 14.2 Å². The Labute approximate surface area is 204 Å². The zero-order valence-electron chi connectivity index (χ0n) is 20.1. The maximum absolute atomic E-state index is 13.1. The maximum Gasteiger partial charge on any atom is 0.344 e. The van der Waals surface area contributed by atoms with Crippen LogP contribution in [0.25, 0.3) is 0 Å². The molecule has 0 saturated heterocycles. The summed E-state index contributed by atoms with van der Waals surface area (Å²) >= 11 is 0. The van der Waals surface area contributed by atoms with Gasteiger partial charge in [-0.2, -0.15) is 5.10 Å². The van der Waals surface area contributed by atoms with Crippen LogP contribution in [0, 0.1) is 13.8 Å². The van der Waals surface area contributed by atoms with Crippen LogP contribution in [0.4, 0.5) is 0 Å². The second kappa shape index (κ2) is 10.9. The van der Waals surface area contributed by atoms with Crippen LogP contribution in [0.5, 0.6) is 11.5 Å². The predicted octanol–water partition coefficient (Wildman–Crippen LogP) is 4.61. The lowest BCUT2D eigenvalue weighted by molar-refractivity contribution is -0.154. The lowest BCUT2D eigenvalue weighted by Gasteiger charge is -2.22. The first-order chi connectivity index (χ1) is 16.9. The molecule has 0 radical (unpaired) electrons. The van der Waals surface area contributed by atoms with Crippen LogP contribution in [0.3, 0.4) is 0 Å². The molecule has 35 heavy (non-hydrogen) atoms. The van der Waals surface area contributed by atoms with Crippen molar-refractivity contribution in [3.63, 3.8) is 0 Å². The van der Waals surface area contributed by atoms with E-state index in [1.54, 1.807) is 13.2 Å². The van der Waals surface area contributed by atoms with Crippen LogP contribution in [0.15, 0.2) is 77.9 Å². The Morgan fingerprint density at radius 1 is 0.914 bits per heavy atom. The first kappa shape index (κ1) is 24.0. The summed E-state index contributed by atoms with van der Waals surface area (Å²) in [5.41, 5.74) is 4.86. The van der Waals surface area contributed by atoms with E-state index in [-0.39, 0.29) is 12.6 Å². The van der Waals surface area contributed by atoms with E-state index in [9.17, 15) is 9.59 Å². The number of ether oxygens (including phenoxy) is 3. The van der Waals surface area contributed by atoms with Crippen molar-refractivity contribution in [3.8, 4) is 11.5 Å². The third-order valence-corrected chi connectivity index (χ3v) is 5.97. The predicted molar refractivity (Wildman–Crippen MR) is 133 cm³/mol. The number of esters is 1. The molecule has 0 aliphatic carbocycles. The number of methoxy groups -OCH3 is 1. The summed E-state index contributed by atoms with van der Waals surface area (Å²) < 4.78 is 16.0. The van der Waals surface area contributed by atoms with Crippen LogP contribution in [-0.4, -0.2) is 42.9 Å². The number of nitrogens with zero attached hydrogens (tertiary/aromatic N) is 2. The summed E-state index contributed by atoms with van der Waals surface area (Å²) in [7, 11) is 1.61. The Bertz CT molecular complexity index is 1220. The highest BCUT2D eigenvalue weighted by Crippen LogP contribution is 2.33. The van der Waals surface area contributed by atoms with E-state index in [0.717, 1.165) is 33.7 Å². The highest BCUT2D eigenvalue weighted by molar-refractivity contribution is 6.03. The highest BCUT2D eigenvalue weighted by atomic mass is 16.6. The molecule has 1 unspecified atom stereocenters. The first-order valence-corrected chi connectivity index (χ1v) is 11.4. The average Bonchev–Trinajstić information content (AvgIpc) is 3.34. The van der Waals surface area contributed by atoms with Gasteiger partial charge in [0, 0.05) is 6.42 Å². The van der Waals surface area contributed by atoms with Gasteiger partial charge in [-0.25, -0.2) is 9.80 Å².